The molecular weight excluding hydrogens is 190 g/mol. The lowest BCUT2D eigenvalue weighted by Crippen LogP contribution is -2.05. The van der Waals surface area contributed by atoms with Crippen LogP contribution in [-0.2, 0) is 4.79 Å². The summed E-state index contributed by atoms with van der Waals surface area (Å²) in [4.78, 5) is 21.5. The SMILES string of the molecule is CC.CC(=O)Nc1ccc(C(C)=O)cc1. The molecule has 0 saturated heterocycles. The molecule has 0 aromatic heterocycles. The highest BCUT2D eigenvalue weighted by Crippen LogP contribution is 2.09. The summed E-state index contributed by atoms with van der Waals surface area (Å²) in [5, 5.41) is 2.62. The van der Waals surface area contributed by atoms with Crippen molar-refractivity contribution in [3.63, 3.8) is 0 Å². The predicted molar refractivity (Wildman–Crippen MR) is 62.1 cm³/mol. The molecule has 1 N–H and O–H groups in total. The largest absolute Gasteiger partial charge is 0.326 e. The van der Waals surface area contributed by atoms with Crippen molar-refractivity contribution in [3.05, 3.63) is 29.8 Å². The standard InChI is InChI=1S/C10H11NO2.C2H6/c1-7(12)9-3-5-10(6-4-9)11-8(2)13;1-2/h3-6H,1-2H3,(H,11,13);1-2H3. The zero-order chi connectivity index (χ0) is 11.8. The maximum atomic E-state index is 10.9. The summed E-state index contributed by atoms with van der Waals surface area (Å²) < 4.78 is 0. The van der Waals surface area contributed by atoms with Crippen LogP contribution in [0.25, 0.3) is 0 Å². The first kappa shape index (κ1) is 13.4. The van der Waals surface area contributed by atoms with Gasteiger partial charge < -0.3 is 5.32 Å². The number of hydrogen-bond acceptors (Lipinski definition) is 2. The van der Waals surface area contributed by atoms with Crippen LogP contribution in [-0.4, -0.2) is 11.7 Å². The second kappa shape index (κ2) is 6.76. The van der Waals surface area contributed by atoms with Crippen molar-refractivity contribution < 1.29 is 9.59 Å². The lowest BCUT2D eigenvalue weighted by atomic mass is 10.1. The molecule has 0 atom stereocenters. The predicted octanol–water partition coefficient (Wildman–Crippen LogP) is 2.87. The highest BCUT2D eigenvalue weighted by molar-refractivity contribution is 5.95. The average molecular weight is 207 g/mol. The lowest BCUT2D eigenvalue weighted by Gasteiger charge is -2.01. The minimum absolute atomic E-state index is 0.0226. The van der Waals surface area contributed by atoms with Gasteiger partial charge >= 0.3 is 0 Å². The minimum atomic E-state index is -0.115. The Bertz CT molecular complexity index is 328. The second-order valence-corrected chi connectivity index (χ2v) is 2.81. The summed E-state index contributed by atoms with van der Waals surface area (Å²) in [5.74, 6) is -0.0926. The summed E-state index contributed by atoms with van der Waals surface area (Å²) in [5.41, 5.74) is 1.35. The molecule has 0 saturated carbocycles. The molecule has 0 heterocycles. The Balaban J connectivity index is 0.000000921. The summed E-state index contributed by atoms with van der Waals surface area (Å²) in [6.45, 7) is 6.95. The maximum absolute atomic E-state index is 10.9. The number of rotatable bonds is 2. The number of Topliss-reactive ketones (excluding diaryl/α,β-unsaturated/α-hetero) is 1. The fourth-order valence-electron chi connectivity index (χ4n) is 0.992. The molecule has 0 aliphatic carbocycles. The van der Waals surface area contributed by atoms with Crippen molar-refractivity contribution in [2.45, 2.75) is 27.7 Å². The van der Waals surface area contributed by atoms with E-state index >= 15 is 0 Å². The Morgan fingerprint density at radius 1 is 1.00 bits per heavy atom. The molecule has 1 aromatic rings. The van der Waals surface area contributed by atoms with Crippen LogP contribution >= 0.6 is 0 Å². The number of carbonyl (C=O) groups excluding carboxylic acids is 2. The Hall–Kier alpha value is -1.64. The molecule has 0 fully saturated rings. The van der Waals surface area contributed by atoms with Crippen LogP contribution in [0.15, 0.2) is 24.3 Å². The summed E-state index contributed by atoms with van der Waals surface area (Å²) in [6, 6.07) is 6.79. The van der Waals surface area contributed by atoms with Crippen LogP contribution in [0.4, 0.5) is 5.69 Å². The normalized spacial score (nSPS) is 8.53. The van der Waals surface area contributed by atoms with Crippen molar-refractivity contribution >= 4 is 17.4 Å². The van der Waals surface area contributed by atoms with E-state index in [1.54, 1.807) is 24.3 Å². The molecule has 0 aliphatic heterocycles. The van der Waals surface area contributed by atoms with Gasteiger partial charge in [0.05, 0.1) is 0 Å². The highest BCUT2D eigenvalue weighted by Gasteiger charge is 1.99. The molecule has 1 rings (SSSR count). The lowest BCUT2D eigenvalue weighted by molar-refractivity contribution is -0.114. The molecule has 0 aliphatic rings. The van der Waals surface area contributed by atoms with E-state index in [2.05, 4.69) is 5.32 Å². The molecular formula is C12H17NO2. The number of nitrogens with one attached hydrogen (secondary N) is 1. The van der Waals surface area contributed by atoms with Crippen molar-refractivity contribution in [1.29, 1.82) is 0 Å². The fraction of sp³-hybridized carbons (Fsp3) is 0.333. The average Bonchev–Trinajstić information content (AvgIpc) is 2.20. The Morgan fingerprint density at radius 3 is 1.80 bits per heavy atom. The van der Waals surface area contributed by atoms with Gasteiger partial charge in [-0.2, -0.15) is 0 Å². The van der Waals surface area contributed by atoms with Gasteiger partial charge in [0.25, 0.3) is 0 Å². The fourth-order valence-corrected chi connectivity index (χ4v) is 0.992. The molecule has 82 valence electrons. The van der Waals surface area contributed by atoms with Crippen molar-refractivity contribution in [1.82, 2.24) is 0 Å². The number of ketones is 1. The Kier molecular flexibility index (Phi) is 6.02. The first-order valence-electron chi connectivity index (χ1n) is 4.98. The van der Waals surface area contributed by atoms with Crippen molar-refractivity contribution in [2.75, 3.05) is 5.32 Å². The van der Waals surface area contributed by atoms with E-state index < -0.39 is 0 Å². The third-order valence-electron chi connectivity index (χ3n) is 1.61. The highest BCUT2D eigenvalue weighted by atomic mass is 16.1. The number of amides is 1. The summed E-state index contributed by atoms with van der Waals surface area (Å²) in [7, 11) is 0. The molecule has 3 nitrogen and oxygen atoms in total. The van der Waals surface area contributed by atoms with Gasteiger partial charge in [-0.3, -0.25) is 9.59 Å². The van der Waals surface area contributed by atoms with E-state index in [1.165, 1.54) is 13.8 Å². The Labute approximate surface area is 90.5 Å². The smallest absolute Gasteiger partial charge is 0.221 e. The van der Waals surface area contributed by atoms with Gasteiger partial charge in [-0.1, -0.05) is 13.8 Å². The monoisotopic (exact) mass is 207 g/mol. The Morgan fingerprint density at radius 2 is 1.47 bits per heavy atom. The third-order valence-corrected chi connectivity index (χ3v) is 1.61. The maximum Gasteiger partial charge on any atom is 0.221 e. The van der Waals surface area contributed by atoms with Crippen LogP contribution in [0.2, 0.25) is 0 Å². The zero-order valence-electron chi connectivity index (χ0n) is 9.63. The van der Waals surface area contributed by atoms with Crippen LogP contribution < -0.4 is 5.32 Å². The van der Waals surface area contributed by atoms with E-state index in [0.29, 0.717) is 11.3 Å². The number of hydrogen-bond donors (Lipinski definition) is 1. The van der Waals surface area contributed by atoms with E-state index in [-0.39, 0.29) is 11.7 Å². The van der Waals surface area contributed by atoms with Gasteiger partial charge in [0.15, 0.2) is 5.78 Å². The van der Waals surface area contributed by atoms with E-state index in [0.717, 1.165) is 0 Å². The van der Waals surface area contributed by atoms with Gasteiger partial charge in [-0.05, 0) is 31.2 Å². The van der Waals surface area contributed by atoms with Crippen molar-refractivity contribution in [2.24, 2.45) is 0 Å². The van der Waals surface area contributed by atoms with Gasteiger partial charge in [-0.15, -0.1) is 0 Å². The van der Waals surface area contributed by atoms with Gasteiger partial charge in [-0.25, -0.2) is 0 Å². The summed E-state index contributed by atoms with van der Waals surface area (Å²) >= 11 is 0. The van der Waals surface area contributed by atoms with Gasteiger partial charge in [0.2, 0.25) is 5.91 Å². The molecule has 0 spiro atoms. The minimum Gasteiger partial charge on any atom is -0.326 e. The molecule has 0 bridgehead atoms. The van der Waals surface area contributed by atoms with E-state index in [4.69, 9.17) is 0 Å². The molecule has 1 amide bonds. The topological polar surface area (TPSA) is 46.2 Å². The molecule has 3 heteroatoms. The van der Waals surface area contributed by atoms with E-state index in [9.17, 15) is 9.59 Å². The van der Waals surface area contributed by atoms with Crippen molar-refractivity contribution in [3.8, 4) is 0 Å². The number of anilines is 1. The first-order chi connectivity index (χ1) is 7.09. The quantitative estimate of drug-likeness (QED) is 0.758. The summed E-state index contributed by atoms with van der Waals surface area (Å²) in [6.07, 6.45) is 0. The molecule has 0 radical (unpaired) electrons. The second-order valence-electron chi connectivity index (χ2n) is 2.81. The van der Waals surface area contributed by atoms with Crippen LogP contribution in [0.3, 0.4) is 0 Å². The van der Waals surface area contributed by atoms with Crippen LogP contribution in [0, 0.1) is 0 Å². The molecule has 15 heavy (non-hydrogen) atoms. The molecule has 0 unspecified atom stereocenters. The van der Waals surface area contributed by atoms with Gasteiger partial charge in [0.1, 0.15) is 0 Å². The van der Waals surface area contributed by atoms with Crippen LogP contribution in [0.1, 0.15) is 38.1 Å². The van der Waals surface area contributed by atoms with Gasteiger partial charge in [0, 0.05) is 18.2 Å². The van der Waals surface area contributed by atoms with Crippen LogP contribution in [0.5, 0.6) is 0 Å². The van der Waals surface area contributed by atoms with E-state index in [1.807, 2.05) is 13.8 Å². The third kappa shape index (κ3) is 4.96. The first-order valence-corrected chi connectivity index (χ1v) is 4.98. The number of carbonyl (C=O) groups is 2. The molecule has 1 aromatic carbocycles. The number of benzene rings is 1. The zero-order valence-corrected chi connectivity index (χ0v) is 9.63.